The standard InChI is InChI=1S/C19H22ClN3O2/c1-2-25-15-8-6-14(7-9-15)19(24)23-12-10-22(11-13-23)18-16(20)4-3-5-17(18)21/h3-9H,2,10-13,21H2,1H3. The molecule has 6 heteroatoms. The molecule has 2 N–H and O–H groups in total. The number of halogens is 1. The highest BCUT2D eigenvalue weighted by Crippen LogP contribution is 2.32. The molecule has 1 amide bonds. The smallest absolute Gasteiger partial charge is 0.253 e. The summed E-state index contributed by atoms with van der Waals surface area (Å²) < 4.78 is 5.42. The van der Waals surface area contributed by atoms with Crippen LogP contribution < -0.4 is 15.4 Å². The second-order valence-corrected chi connectivity index (χ2v) is 6.32. The molecule has 25 heavy (non-hydrogen) atoms. The first-order valence-electron chi connectivity index (χ1n) is 8.41. The summed E-state index contributed by atoms with van der Waals surface area (Å²) in [4.78, 5) is 16.7. The maximum Gasteiger partial charge on any atom is 0.253 e. The third-order valence-electron chi connectivity index (χ3n) is 4.31. The van der Waals surface area contributed by atoms with Gasteiger partial charge in [0.2, 0.25) is 0 Å². The Kier molecular flexibility index (Phi) is 5.34. The molecule has 1 saturated heterocycles. The number of ether oxygens (including phenoxy) is 1. The minimum absolute atomic E-state index is 0.0369. The molecule has 2 aromatic rings. The van der Waals surface area contributed by atoms with Crippen LogP contribution in [0.1, 0.15) is 17.3 Å². The van der Waals surface area contributed by atoms with E-state index in [0.29, 0.717) is 49.1 Å². The fourth-order valence-corrected chi connectivity index (χ4v) is 3.34. The summed E-state index contributed by atoms with van der Waals surface area (Å²) in [6, 6.07) is 12.8. The van der Waals surface area contributed by atoms with Crippen molar-refractivity contribution >= 4 is 28.9 Å². The van der Waals surface area contributed by atoms with E-state index >= 15 is 0 Å². The lowest BCUT2D eigenvalue weighted by Crippen LogP contribution is -2.49. The molecule has 1 fully saturated rings. The van der Waals surface area contributed by atoms with Crippen molar-refractivity contribution in [1.82, 2.24) is 4.90 Å². The predicted molar refractivity (Wildman–Crippen MR) is 102 cm³/mol. The molecule has 1 aliphatic rings. The van der Waals surface area contributed by atoms with Gasteiger partial charge in [-0.15, -0.1) is 0 Å². The van der Waals surface area contributed by atoms with Gasteiger partial charge in [-0.3, -0.25) is 4.79 Å². The molecule has 0 aliphatic carbocycles. The molecule has 2 aromatic carbocycles. The first-order chi connectivity index (χ1) is 12.1. The molecule has 0 saturated carbocycles. The van der Waals surface area contributed by atoms with Crippen molar-refractivity contribution in [1.29, 1.82) is 0 Å². The molecule has 0 unspecified atom stereocenters. The van der Waals surface area contributed by atoms with Crippen LogP contribution in [0, 0.1) is 0 Å². The van der Waals surface area contributed by atoms with E-state index < -0.39 is 0 Å². The maximum atomic E-state index is 12.7. The van der Waals surface area contributed by atoms with Crippen LogP contribution in [0.15, 0.2) is 42.5 Å². The van der Waals surface area contributed by atoms with Gasteiger partial charge in [-0.25, -0.2) is 0 Å². The number of nitrogen functional groups attached to an aromatic ring is 1. The number of anilines is 2. The fourth-order valence-electron chi connectivity index (χ4n) is 3.04. The number of amides is 1. The van der Waals surface area contributed by atoms with Crippen molar-refractivity contribution in [3.8, 4) is 5.75 Å². The number of carbonyl (C=O) groups excluding carboxylic acids is 1. The van der Waals surface area contributed by atoms with Gasteiger partial charge in [0.25, 0.3) is 5.91 Å². The zero-order valence-corrected chi connectivity index (χ0v) is 15.0. The SMILES string of the molecule is CCOc1ccc(C(=O)N2CCN(c3c(N)cccc3Cl)CC2)cc1. The van der Waals surface area contributed by atoms with Crippen LogP contribution in [0.2, 0.25) is 5.02 Å². The van der Waals surface area contributed by atoms with Crippen molar-refractivity contribution in [3.63, 3.8) is 0 Å². The van der Waals surface area contributed by atoms with E-state index in [1.807, 2.05) is 54.3 Å². The molecule has 1 heterocycles. The van der Waals surface area contributed by atoms with Gasteiger partial charge in [-0.2, -0.15) is 0 Å². The third-order valence-corrected chi connectivity index (χ3v) is 4.62. The number of para-hydroxylation sites is 1. The van der Waals surface area contributed by atoms with Gasteiger partial charge in [0.15, 0.2) is 0 Å². The van der Waals surface area contributed by atoms with Crippen LogP contribution in [0.3, 0.4) is 0 Å². The minimum Gasteiger partial charge on any atom is -0.494 e. The summed E-state index contributed by atoms with van der Waals surface area (Å²) in [6.45, 7) is 5.23. The Balaban J connectivity index is 1.64. The third kappa shape index (κ3) is 3.82. The van der Waals surface area contributed by atoms with Gasteiger partial charge in [-0.05, 0) is 43.3 Å². The second kappa shape index (κ2) is 7.66. The molecule has 132 valence electrons. The minimum atomic E-state index is 0.0369. The molecule has 0 radical (unpaired) electrons. The molecule has 5 nitrogen and oxygen atoms in total. The normalized spacial score (nSPS) is 14.5. The summed E-state index contributed by atoms with van der Waals surface area (Å²) in [5.41, 5.74) is 8.26. The summed E-state index contributed by atoms with van der Waals surface area (Å²) >= 11 is 6.28. The van der Waals surface area contributed by atoms with E-state index in [9.17, 15) is 4.79 Å². The number of benzene rings is 2. The predicted octanol–water partition coefficient (Wildman–Crippen LogP) is 3.28. The molecule has 1 aliphatic heterocycles. The van der Waals surface area contributed by atoms with Crippen LogP contribution >= 0.6 is 11.6 Å². The van der Waals surface area contributed by atoms with Crippen molar-refractivity contribution < 1.29 is 9.53 Å². The van der Waals surface area contributed by atoms with Crippen molar-refractivity contribution in [2.45, 2.75) is 6.92 Å². The van der Waals surface area contributed by atoms with Crippen LogP contribution in [0.4, 0.5) is 11.4 Å². The molecule has 0 aromatic heterocycles. The Morgan fingerprint density at radius 2 is 1.80 bits per heavy atom. The van der Waals surface area contributed by atoms with Gasteiger partial charge < -0.3 is 20.3 Å². The zero-order chi connectivity index (χ0) is 17.8. The lowest BCUT2D eigenvalue weighted by atomic mass is 10.1. The molecule has 0 spiro atoms. The Hall–Kier alpha value is -2.40. The van der Waals surface area contributed by atoms with E-state index in [0.717, 1.165) is 11.4 Å². The van der Waals surface area contributed by atoms with E-state index in [-0.39, 0.29) is 5.91 Å². The first kappa shape index (κ1) is 17.4. The lowest BCUT2D eigenvalue weighted by Gasteiger charge is -2.37. The van der Waals surface area contributed by atoms with Crippen molar-refractivity contribution in [3.05, 3.63) is 53.1 Å². The molecular weight excluding hydrogens is 338 g/mol. The number of hydrogen-bond acceptors (Lipinski definition) is 4. The average Bonchev–Trinajstić information content (AvgIpc) is 2.62. The highest BCUT2D eigenvalue weighted by Gasteiger charge is 2.24. The monoisotopic (exact) mass is 359 g/mol. The highest BCUT2D eigenvalue weighted by molar-refractivity contribution is 6.34. The van der Waals surface area contributed by atoms with Crippen LogP contribution in [-0.4, -0.2) is 43.6 Å². The maximum absolute atomic E-state index is 12.7. The lowest BCUT2D eigenvalue weighted by molar-refractivity contribution is 0.0747. The van der Waals surface area contributed by atoms with E-state index in [4.69, 9.17) is 22.1 Å². The van der Waals surface area contributed by atoms with Gasteiger partial charge >= 0.3 is 0 Å². The van der Waals surface area contributed by atoms with E-state index in [1.165, 1.54) is 0 Å². The molecule has 0 bridgehead atoms. The first-order valence-corrected chi connectivity index (χ1v) is 8.79. The average molecular weight is 360 g/mol. The number of piperazine rings is 1. The summed E-state index contributed by atoms with van der Waals surface area (Å²) in [6.07, 6.45) is 0. The number of carbonyl (C=O) groups is 1. The van der Waals surface area contributed by atoms with Gasteiger partial charge in [-0.1, -0.05) is 17.7 Å². The Morgan fingerprint density at radius 3 is 2.40 bits per heavy atom. The largest absolute Gasteiger partial charge is 0.494 e. The zero-order valence-electron chi connectivity index (χ0n) is 14.2. The summed E-state index contributed by atoms with van der Waals surface area (Å²) in [5.74, 6) is 0.813. The molecule has 3 rings (SSSR count). The van der Waals surface area contributed by atoms with Crippen LogP contribution in [-0.2, 0) is 0 Å². The topological polar surface area (TPSA) is 58.8 Å². The van der Waals surface area contributed by atoms with Crippen LogP contribution in [0.5, 0.6) is 5.75 Å². The van der Waals surface area contributed by atoms with Gasteiger partial charge in [0.05, 0.1) is 23.0 Å². The Bertz CT molecular complexity index is 721. The van der Waals surface area contributed by atoms with Crippen molar-refractivity contribution in [2.75, 3.05) is 43.4 Å². The van der Waals surface area contributed by atoms with Gasteiger partial charge in [0, 0.05) is 31.7 Å². The van der Waals surface area contributed by atoms with Crippen molar-refractivity contribution in [2.24, 2.45) is 0 Å². The molecular formula is C19H22ClN3O2. The van der Waals surface area contributed by atoms with Gasteiger partial charge in [0.1, 0.15) is 5.75 Å². The fraction of sp³-hybridized carbons (Fsp3) is 0.316. The Morgan fingerprint density at radius 1 is 1.12 bits per heavy atom. The quantitative estimate of drug-likeness (QED) is 0.851. The number of hydrogen-bond donors (Lipinski definition) is 1. The highest BCUT2D eigenvalue weighted by atomic mass is 35.5. The number of rotatable bonds is 4. The van der Waals surface area contributed by atoms with E-state index in [2.05, 4.69) is 4.90 Å². The van der Waals surface area contributed by atoms with E-state index in [1.54, 1.807) is 0 Å². The summed E-state index contributed by atoms with van der Waals surface area (Å²) in [5, 5.41) is 0.645. The number of nitrogens with two attached hydrogens (primary N) is 1. The summed E-state index contributed by atoms with van der Waals surface area (Å²) in [7, 11) is 0. The number of nitrogens with zero attached hydrogens (tertiary/aromatic N) is 2. The van der Waals surface area contributed by atoms with Crippen LogP contribution in [0.25, 0.3) is 0 Å². The Labute approximate surface area is 152 Å². The molecule has 0 atom stereocenters. The second-order valence-electron chi connectivity index (χ2n) is 5.91.